The van der Waals surface area contributed by atoms with Crippen molar-refractivity contribution in [2.24, 2.45) is 0 Å². The number of anilines is 2. The van der Waals surface area contributed by atoms with Crippen LogP contribution >= 0.6 is 0 Å². The summed E-state index contributed by atoms with van der Waals surface area (Å²) in [6, 6.07) is 12.1. The molecule has 0 aliphatic carbocycles. The van der Waals surface area contributed by atoms with Crippen LogP contribution in [0.5, 0.6) is 0 Å². The van der Waals surface area contributed by atoms with Crippen LogP contribution in [0.2, 0.25) is 0 Å². The maximum absolute atomic E-state index is 13.2. The monoisotopic (exact) mass is 373 g/mol. The highest BCUT2D eigenvalue weighted by molar-refractivity contribution is 7.92. The third-order valence-corrected chi connectivity index (χ3v) is 5.02. The molecule has 134 valence electrons. The predicted molar refractivity (Wildman–Crippen MR) is 95.5 cm³/mol. The second-order valence-corrected chi connectivity index (χ2v) is 7.14. The van der Waals surface area contributed by atoms with Crippen LogP contribution in [0, 0.1) is 12.7 Å². The van der Waals surface area contributed by atoms with E-state index in [1.807, 2.05) is 18.2 Å². The highest BCUT2D eigenvalue weighted by Crippen LogP contribution is 2.19. The van der Waals surface area contributed by atoms with Crippen LogP contribution in [0.1, 0.15) is 11.3 Å². The maximum atomic E-state index is 13.2. The van der Waals surface area contributed by atoms with Gasteiger partial charge in [-0.2, -0.15) is 0 Å². The van der Waals surface area contributed by atoms with Crippen LogP contribution in [-0.4, -0.2) is 23.6 Å². The molecule has 0 aliphatic heterocycles. The molecule has 0 saturated carbocycles. The second kappa shape index (κ2) is 7.44. The van der Waals surface area contributed by atoms with Crippen LogP contribution in [0.15, 0.2) is 59.6 Å². The summed E-state index contributed by atoms with van der Waals surface area (Å²) in [6.07, 6.45) is 1.69. The van der Waals surface area contributed by atoms with E-state index in [2.05, 4.69) is 25.2 Å². The van der Waals surface area contributed by atoms with Gasteiger partial charge >= 0.3 is 0 Å². The number of halogens is 1. The summed E-state index contributed by atoms with van der Waals surface area (Å²) >= 11 is 0. The smallest absolute Gasteiger partial charge is 0.263 e. The van der Waals surface area contributed by atoms with Gasteiger partial charge in [-0.3, -0.25) is 9.71 Å². The normalized spacial score (nSPS) is 11.2. The van der Waals surface area contributed by atoms with Crippen molar-refractivity contribution in [2.75, 3.05) is 10.0 Å². The maximum Gasteiger partial charge on any atom is 0.263 e. The zero-order valence-electron chi connectivity index (χ0n) is 13.8. The Labute approximate surface area is 150 Å². The summed E-state index contributed by atoms with van der Waals surface area (Å²) in [7, 11) is -3.88. The summed E-state index contributed by atoms with van der Waals surface area (Å²) in [5.74, 6) is 0.0539. The van der Waals surface area contributed by atoms with Crippen molar-refractivity contribution in [2.45, 2.75) is 18.4 Å². The Hall–Kier alpha value is -3.07. The van der Waals surface area contributed by atoms with E-state index in [1.165, 1.54) is 19.1 Å². The van der Waals surface area contributed by atoms with Crippen molar-refractivity contribution >= 4 is 21.7 Å². The largest absolute Gasteiger partial charge is 0.363 e. The van der Waals surface area contributed by atoms with Gasteiger partial charge in [0.25, 0.3) is 10.0 Å². The Morgan fingerprint density at radius 2 is 1.81 bits per heavy atom. The van der Waals surface area contributed by atoms with Crippen LogP contribution in [-0.2, 0) is 16.6 Å². The van der Waals surface area contributed by atoms with E-state index >= 15 is 0 Å². The summed E-state index contributed by atoms with van der Waals surface area (Å²) in [4.78, 5) is 4.16. The van der Waals surface area contributed by atoms with Crippen LogP contribution in [0.25, 0.3) is 0 Å². The Morgan fingerprint density at radius 3 is 2.46 bits per heavy atom. The first-order chi connectivity index (χ1) is 12.4. The Morgan fingerprint density at radius 1 is 1.04 bits per heavy atom. The molecule has 0 fully saturated rings. The van der Waals surface area contributed by atoms with E-state index < -0.39 is 15.8 Å². The Balaban J connectivity index is 1.68. The van der Waals surface area contributed by atoms with Crippen molar-refractivity contribution in [3.63, 3.8) is 0 Å². The number of pyridine rings is 1. The third-order valence-electron chi connectivity index (χ3n) is 3.51. The van der Waals surface area contributed by atoms with E-state index in [1.54, 1.807) is 12.3 Å². The first-order valence-corrected chi connectivity index (χ1v) is 9.19. The first-order valence-electron chi connectivity index (χ1n) is 7.70. The topological polar surface area (TPSA) is 96.9 Å². The average molecular weight is 373 g/mol. The van der Waals surface area contributed by atoms with Crippen molar-refractivity contribution in [3.8, 4) is 0 Å². The fourth-order valence-electron chi connectivity index (χ4n) is 2.27. The molecule has 3 aromatic rings. The molecule has 2 aromatic heterocycles. The molecule has 0 aliphatic rings. The molecule has 2 heterocycles. The van der Waals surface area contributed by atoms with E-state index in [9.17, 15) is 12.8 Å². The molecule has 3 rings (SSSR count). The van der Waals surface area contributed by atoms with Crippen molar-refractivity contribution in [3.05, 3.63) is 71.8 Å². The van der Waals surface area contributed by atoms with Gasteiger partial charge in [0.05, 0.1) is 17.1 Å². The molecular formula is C17H16FN5O2S. The molecule has 0 saturated heterocycles. The van der Waals surface area contributed by atoms with Gasteiger partial charge in [0, 0.05) is 6.20 Å². The molecule has 9 heteroatoms. The van der Waals surface area contributed by atoms with Gasteiger partial charge in [-0.25, -0.2) is 12.8 Å². The number of nitrogens with zero attached hydrogens (tertiary/aromatic N) is 3. The number of aryl methyl sites for hydroxylation is 1. The minimum atomic E-state index is -3.88. The average Bonchev–Trinajstić information content (AvgIpc) is 2.61. The summed E-state index contributed by atoms with van der Waals surface area (Å²) in [6.45, 7) is 1.99. The lowest BCUT2D eigenvalue weighted by molar-refractivity contribution is 0.598. The molecular weight excluding hydrogens is 357 g/mol. The van der Waals surface area contributed by atoms with Crippen LogP contribution in [0.3, 0.4) is 0 Å². The second-order valence-electron chi connectivity index (χ2n) is 5.49. The minimum Gasteiger partial charge on any atom is -0.363 e. The Bertz CT molecular complexity index is 995. The standard InChI is InChI=1S/C17H16FN5O2S/c1-12-10-13(18)5-6-15(12)26(24,25)23-17-8-7-16(21-22-17)20-11-14-4-2-3-9-19-14/h2-10H,11H2,1H3,(H,20,21)(H,22,23). The van der Waals surface area contributed by atoms with Gasteiger partial charge in [-0.05, 0) is 55.0 Å². The molecule has 2 N–H and O–H groups in total. The summed E-state index contributed by atoms with van der Waals surface area (Å²) < 4.78 is 40.3. The lowest BCUT2D eigenvalue weighted by atomic mass is 10.2. The fourth-order valence-corrected chi connectivity index (χ4v) is 3.50. The lowest BCUT2D eigenvalue weighted by Crippen LogP contribution is -2.16. The minimum absolute atomic E-state index is 0.0157. The molecule has 1 aromatic carbocycles. The number of hydrogen-bond donors (Lipinski definition) is 2. The highest BCUT2D eigenvalue weighted by atomic mass is 32.2. The quantitative estimate of drug-likeness (QED) is 0.690. The van der Waals surface area contributed by atoms with E-state index in [0.29, 0.717) is 17.9 Å². The number of rotatable bonds is 6. The van der Waals surface area contributed by atoms with Crippen LogP contribution < -0.4 is 10.0 Å². The molecule has 0 radical (unpaired) electrons. The first kappa shape index (κ1) is 17.7. The van der Waals surface area contributed by atoms with Gasteiger partial charge < -0.3 is 5.32 Å². The van der Waals surface area contributed by atoms with Gasteiger partial charge in [0.15, 0.2) is 5.82 Å². The van der Waals surface area contributed by atoms with Crippen LogP contribution in [0.4, 0.5) is 16.0 Å². The zero-order chi connectivity index (χ0) is 18.6. The van der Waals surface area contributed by atoms with Gasteiger partial charge in [-0.1, -0.05) is 6.07 Å². The molecule has 0 spiro atoms. The predicted octanol–water partition coefficient (Wildman–Crippen LogP) is 2.73. The molecule has 0 bridgehead atoms. The van der Waals surface area contributed by atoms with Crippen molar-refractivity contribution < 1.29 is 12.8 Å². The summed E-state index contributed by atoms with van der Waals surface area (Å²) in [5, 5.41) is 10.8. The fraction of sp³-hybridized carbons (Fsp3) is 0.118. The molecule has 0 atom stereocenters. The zero-order valence-corrected chi connectivity index (χ0v) is 14.7. The highest BCUT2D eigenvalue weighted by Gasteiger charge is 2.18. The molecule has 0 amide bonds. The molecule has 7 nitrogen and oxygen atoms in total. The van der Waals surface area contributed by atoms with E-state index in [0.717, 1.165) is 17.8 Å². The third kappa shape index (κ3) is 4.31. The summed E-state index contributed by atoms with van der Waals surface area (Å²) in [5.41, 5.74) is 1.14. The van der Waals surface area contributed by atoms with E-state index in [4.69, 9.17) is 0 Å². The Kier molecular flexibility index (Phi) is 5.08. The molecule has 26 heavy (non-hydrogen) atoms. The van der Waals surface area contributed by atoms with E-state index in [-0.39, 0.29) is 10.7 Å². The van der Waals surface area contributed by atoms with Gasteiger partial charge in [0.2, 0.25) is 0 Å². The number of sulfonamides is 1. The van der Waals surface area contributed by atoms with Crippen molar-refractivity contribution in [1.29, 1.82) is 0 Å². The number of aromatic nitrogens is 3. The van der Waals surface area contributed by atoms with Crippen molar-refractivity contribution in [1.82, 2.24) is 15.2 Å². The molecule has 0 unspecified atom stereocenters. The van der Waals surface area contributed by atoms with Gasteiger partial charge in [-0.15, -0.1) is 10.2 Å². The number of hydrogen-bond acceptors (Lipinski definition) is 6. The number of benzene rings is 1. The SMILES string of the molecule is Cc1cc(F)ccc1S(=O)(=O)Nc1ccc(NCc2ccccn2)nn1. The van der Waals surface area contributed by atoms with Gasteiger partial charge in [0.1, 0.15) is 11.6 Å². The lowest BCUT2D eigenvalue weighted by Gasteiger charge is -2.10. The number of nitrogens with one attached hydrogen (secondary N) is 2.